The molecule has 2 unspecified atom stereocenters. The first kappa shape index (κ1) is 15.9. The van der Waals surface area contributed by atoms with E-state index in [9.17, 15) is 0 Å². The van der Waals surface area contributed by atoms with Crippen LogP contribution in [0.15, 0.2) is 35.5 Å². The third-order valence-corrected chi connectivity index (χ3v) is 5.75. The van der Waals surface area contributed by atoms with Crippen molar-refractivity contribution in [2.24, 2.45) is 4.99 Å². The lowest BCUT2D eigenvalue weighted by Gasteiger charge is -2.31. The van der Waals surface area contributed by atoms with Crippen molar-refractivity contribution >= 4 is 57.8 Å². The first-order valence-electron chi connectivity index (χ1n) is 7.83. The van der Waals surface area contributed by atoms with E-state index < -0.39 is 0 Å². The molecule has 0 aliphatic carbocycles. The molecule has 0 saturated heterocycles. The summed E-state index contributed by atoms with van der Waals surface area (Å²) in [5, 5.41) is 5.50. The van der Waals surface area contributed by atoms with E-state index in [0.717, 1.165) is 34.6 Å². The Morgan fingerprint density at radius 1 is 1.15 bits per heavy atom. The molecule has 4 heterocycles. The molecule has 130 valence electrons. The lowest BCUT2D eigenvalue weighted by molar-refractivity contribution is 0.478. The number of H-pyrrole nitrogens is 1. The number of benzene rings is 1. The van der Waals surface area contributed by atoms with E-state index in [4.69, 9.17) is 28.2 Å². The summed E-state index contributed by atoms with van der Waals surface area (Å²) in [7, 11) is 0. The first-order valence-corrected chi connectivity index (χ1v) is 9.32. The Kier molecular flexibility index (Phi) is 3.59. The van der Waals surface area contributed by atoms with Gasteiger partial charge in [-0.15, -0.1) is 0 Å². The minimum atomic E-state index is -0.161. The Bertz CT molecular complexity index is 1130. The number of aromatic nitrogens is 6. The highest BCUT2D eigenvalue weighted by Crippen LogP contribution is 2.42. The highest BCUT2D eigenvalue weighted by atomic mass is 35.5. The molecule has 0 radical (unpaired) electrons. The van der Waals surface area contributed by atoms with Crippen LogP contribution in [0.3, 0.4) is 0 Å². The summed E-state index contributed by atoms with van der Waals surface area (Å²) in [6.07, 6.45) is 1.74. The van der Waals surface area contributed by atoms with Gasteiger partial charge in [-0.3, -0.25) is 0 Å². The molecule has 0 saturated carbocycles. The molecule has 26 heavy (non-hydrogen) atoms. The van der Waals surface area contributed by atoms with Crippen molar-refractivity contribution in [1.82, 2.24) is 28.5 Å². The quantitative estimate of drug-likeness (QED) is 0.537. The Morgan fingerprint density at radius 3 is 2.85 bits per heavy atom. The molecule has 10 heteroatoms. The minimum absolute atomic E-state index is 0.152. The number of nitrogens with zero attached hydrogens (tertiary/aromatic N) is 6. The zero-order chi connectivity index (χ0) is 17.8. The van der Waals surface area contributed by atoms with Crippen LogP contribution >= 0.6 is 34.9 Å². The van der Waals surface area contributed by atoms with Gasteiger partial charge < -0.3 is 4.98 Å². The van der Waals surface area contributed by atoms with Gasteiger partial charge in [0.1, 0.15) is 5.82 Å². The molecular weight excluding hydrogens is 393 g/mol. The summed E-state index contributed by atoms with van der Waals surface area (Å²) in [6.45, 7) is 1.99. The molecule has 1 aliphatic rings. The van der Waals surface area contributed by atoms with Crippen molar-refractivity contribution in [3.8, 4) is 0 Å². The van der Waals surface area contributed by atoms with Crippen molar-refractivity contribution in [3.63, 3.8) is 0 Å². The number of aliphatic imine (C=N–C) groups is 1. The van der Waals surface area contributed by atoms with Crippen molar-refractivity contribution in [1.29, 1.82) is 0 Å². The Balaban J connectivity index is 1.72. The molecular formula is C16H11Cl2N7S. The van der Waals surface area contributed by atoms with E-state index in [1.165, 1.54) is 0 Å². The second kappa shape index (κ2) is 5.87. The SMILES string of the molecule is CC1=Nc2ccnn2C(c2ccc(Cl)c(Cl)c2)C1c1nc2nsnc2[nH]1. The van der Waals surface area contributed by atoms with Crippen LogP contribution in [0.5, 0.6) is 0 Å². The molecule has 5 rings (SSSR count). The normalized spacial score (nSPS) is 19.6. The average molecular weight is 404 g/mol. The van der Waals surface area contributed by atoms with Crippen LogP contribution in [0.25, 0.3) is 11.3 Å². The van der Waals surface area contributed by atoms with Crippen LogP contribution in [-0.4, -0.2) is 34.2 Å². The van der Waals surface area contributed by atoms with Gasteiger partial charge >= 0.3 is 0 Å². The van der Waals surface area contributed by atoms with E-state index in [-0.39, 0.29) is 12.0 Å². The fraction of sp³-hybridized carbons (Fsp3) is 0.188. The summed E-state index contributed by atoms with van der Waals surface area (Å²) in [5.41, 5.74) is 3.19. The third kappa shape index (κ3) is 2.37. The Morgan fingerprint density at radius 2 is 2.04 bits per heavy atom. The number of nitrogens with one attached hydrogen (secondary N) is 1. The fourth-order valence-corrected chi connectivity index (χ4v) is 4.12. The van der Waals surface area contributed by atoms with Gasteiger partial charge in [0.2, 0.25) is 5.65 Å². The van der Waals surface area contributed by atoms with Gasteiger partial charge in [0.25, 0.3) is 0 Å². The maximum Gasteiger partial charge on any atom is 0.212 e. The van der Waals surface area contributed by atoms with Gasteiger partial charge in [-0.2, -0.15) is 13.8 Å². The number of rotatable bonds is 2. The van der Waals surface area contributed by atoms with Crippen LogP contribution in [0, 0.1) is 0 Å². The number of hydrogen-bond donors (Lipinski definition) is 1. The number of fused-ring (bicyclic) bond motifs is 2. The predicted molar refractivity (Wildman–Crippen MR) is 102 cm³/mol. The average Bonchev–Trinajstić information content (AvgIpc) is 3.31. The molecule has 4 aromatic rings. The summed E-state index contributed by atoms with van der Waals surface area (Å²) in [6, 6.07) is 7.34. The summed E-state index contributed by atoms with van der Waals surface area (Å²) in [5.74, 6) is 1.39. The van der Waals surface area contributed by atoms with Crippen LogP contribution in [-0.2, 0) is 0 Å². The van der Waals surface area contributed by atoms with E-state index in [1.54, 1.807) is 12.3 Å². The Hall–Kier alpha value is -2.29. The zero-order valence-corrected chi connectivity index (χ0v) is 15.7. The van der Waals surface area contributed by atoms with Crippen LogP contribution in [0.2, 0.25) is 10.0 Å². The molecule has 0 fully saturated rings. The van der Waals surface area contributed by atoms with Crippen molar-refractivity contribution in [3.05, 3.63) is 51.9 Å². The molecule has 7 nitrogen and oxygen atoms in total. The topological polar surface area (TPSA) is 84.6 Å². The van der Waals surface area contributed by atoms with Gasteiger partial charge in [0.05, 0.1) is 39.9 Å². The molecule has 3 aromatic heterocycles. The maximum absolute atomic E-state index is 6.28. The lowest BCUT2D eigenvalue weighted by atomic mass is 9.87. The van der Waals surface area contributed by atoms with Gasteiger partial charge in [-0.05, 0) is 24.6 Å². The fourth-order valence-electron chi connectivity index (χ4n) is 3.35. The summed E-state index contributed by atoms with van der Waals surface area (Å²) < 4.78 is 10.3. The van der Waals surface area contributed by atoms with Gasteiger partial charge in [-0.1, -0.05) is 29.3 Å². The predicted octanol–water partition coefficient (Wildman–Crippen LogP) is 4.40. The zero-order valence-electron chi connectivity index (χ0n) is 13.4. The van der Waals surface area contributed by atoms with Crippen LogP contribution < -0.4 is 0 Å². The number of halogens is 2. The number of aromatic amines is 1. The van der Waals surface area contributed by atoms with Crippen molar-refractivity contribution in [2.45, 2.75) is 18.9 Å². The first-order chi connectivity index (χ1) is 12.6. The molecule has 0 amide bonds. The molecule has 1 N–H and O–H groups in total. The lowest BCUT2D eigenvalue weighted by Crippen LogP contribution is -2.29. The van der Waals surface area contributed by atoms with Crippen molar-refractivity contribution in [2.75, 3.05) is 0 Å². The largest absolute Gasteiger partial charge is 0.324 e. The van der Waals surface area contributed by atoms with E-state index in [2.05, 4.69) is 23.8 Å². The second-order valence-electron chi connectivity index (χ2n) is 6.04. The summed E-state index contributed by atoms with van der Waals surface area (Å²) in [4.78, 5) is 12.6. The molecule has 2 atom stereocenters. The van der Waals surface area contributed by atoms with Gasteiger partial charge in [-0.25, -0.2) is 14.7 Å². The molecule has 0 spiro atoms. The third-order valence-electron chi connectivity index (χ3n) is 4.49. The molecule has 1 aliphatic heterocycles. The van der Waals surface area contributed by atoms with Crippen molar-refractivity contribution < 1.29 is 0 Å². The smallest absolute Gasteiger partial charge is 0.212 e. The molecule has 1 aromatic carbocycles. The van der Waals surface area contributed by atoms with Crippen LogP contribution in [0.1, 0.15) is 30.3 Å². The van der Waals surface area contributed by atoms with Gasteiger partial charge in [0, 0.05) is 11.8 Å². The standard InChI is InChI=1S/C16H11Cl2N7S/c1-7-12(14-21-15-16(22-14)24-26-23-15)13(25-11(20-7)4-5-19-25)8-2-3-9(17)10(18)6-8/h2-6,12-13H,1H3,(H,21,22,23,24). The Labute approximate surface area is 162 Å². The highest BCUT2D eigenvalue weighted by molar-refractivity contribution is 6.99. The van der Waals surface area contributed by atoms with E-state index >= 15 is 0 Å². The maximum atomic E-state index is 6.28. The molecule has 0 bridgehead atoms. The van der Waals surface area contributed by atoms with E-state index in [0.29, 0.717) is 21.3 Å². The second-order valence-corrected chi connectivity index (χ2v) is 7.38. The number of hydrogen-bond acceptors (Lipinski definition) is 6. The summed E-state index contributed by atoms with van der Waals surface area (Å²) >= 11 is 13.5. The van der Waals surface area contributed by atoms with Crippen LogP contribution in [0.4, 0.5) is 5.82 Å². The minimum Gasteiger partial charge on any atom is -0.324 e. The number of imidazole rings is 1. The monoisotopic (exact) mass is 403 g/mol. The highest BCUT2D eigenvalue weighted by Gasteiger charge is 2.36. The van der Waals surface area contributed by atoms with Gasteiger partial charge in [0.15, 0.2) is 11.5 Å². The van der Waals surface area contributed by atoms with E-state index in [1.807, 2.05) is 29.8 Å².